The number of carbonyl (C=O) groups is 1. The van der Waals surface area contributed by atoms with Crippen molar-refractivity contribution in [3.63, 3.8) is 0 Å². The molecule has 0 radical (unpaired) electrons. The van der Waals surface area contributed by atoms with Gasteiger partial charge in [0.25, 0.3) is 0 Å². The standard InChI is InChI=1S/C16H23NO2/c1-13(7-8-14-5-3-2-4-6-14)11-17-10-9-15(12-17)16(18)19/h2-6,13,15H,7-12H2,1H3,(H,18,19). The molecule has 3 heteroatoms. The molecule has 3 nitrogen and oxygen atoms in total. The van der Waals surface area contributed by atoms with Gasteiger partial charge >= 0.3 is 5.97 Å². The van der Waals surface area contributed by atoms with E-state index in [0.29, 0.717) is 5.92 Å². The number of hydrogen-bond donors (Lipinski definition) is 1. The van der Waals surface area contributed by atoms with Crippen molar-refractivity contribution in [1.82, 2.24) is 4.90 Å². The SMILES string of the molecule is CC(CCc1ccccc1)CN1CCC(C(=O)O)C1. The Balaban J connectivity index is 1.70. The van der Waals surface area contributed by atoms with Gasteiger partial charge in [0.2, 0.25) is 0 Å². The average molecular weight is 261 g/mol. The van der Waals surface area contributed by atoms with Crippen molar-refractivity contribution in [1.29, 1.82) is 0 Å². The topological polar surface area (TPSA) is 40.5 Å². The van der Waals surface area contributed by atoms with Gasteiger partial charge in [-0.1, -0.05) is 37.3 Å². The number of aliphatic carboxylic acids is 1. The average Bonchev–Trinajstić information content (AvgIpc) is 2.86. The van der Waals surface area contributed by atoms with Crippen molar-refractivity contribution in [2.24, 2.45) is 11.8 Å². The molecule has 1 aliphatic rings. The Morgan fingerprint density at radius 3 is 2.79 bits per heavy atom. The molecule has 1 aromatic carbocycles. The first-order chi connectivity index (χ1) is 9.15. The van der Waals surface area contributed by atoms with Crippen LogP contribution in [0.5, 0.6) is 0 Å². The smallest absolute Gasteiger partial charge is 0.307 e. The van der Waals surface area contributed by atoms with Gasteiger partial charge in [0.05, 0.1) is 5.92 Å². The van der Waals surface area contributed by atoms with E-state index in [9.17, 15) is 4.79 Å². The van der Waals surface area contributed by atoms with Crippen LogP contribution in [0.3, 0.4) is 0 Å². The summed E-state index contributed by atoms with van der Waals surface area (Å²) in [5, 5.41) is 8.99. The fourth-order valence-corrected chi connectivity index (χ4v) is 2.79. The van der Waals surface area contributed by atoms with E-state index in [4.69, 9.17) is 5.11 Å². The van der Waals surface area contributed by atoms with Crippen LogP contribution in [0.4, 0.5) is 0 Å². The van der Waals surface area contributed by atoms with Gasteiger partial charge in [0.1, 0.15) is 0 Å². The first-order valence-corrected chi connectivity index (χ1v) is 7.14. The molecule has 2 rings (SSSR count). The molecule has 19 heavy (non-hydrogen) atoms. The predicted octanol–water partition coefficient (Wildman–Crippen LogP) is 2.66. The second-order valence-electron chi connectivity index (χ2n) is 5.71. The lowest BCUT2D eigenvalue weighted by molar-refractivity contribution is -0.141. The zero-order valence-electron chi connectivity index (χ0n) is 11.6. The van der Waals surface area contributed by atoms with Crippen LogP contribution in [0.1, 0.15) is 25.3 Å². The molecule has 104 valence electrons. The molecule has 1 fully saturated rings. The van der Waals surface area contributed by atoms with Crippen LogP contribution in [-0.4, -0.2) is 35.6 Å². The summed E-state index contributed by atoms with van der Waals surface area (Å²) in [4.78, 5) is 13.2. The van der Waals surface area contributed by atoms with Gasteiger partial charge in [0, 0.05) is 13.1 Å². The molecule has 2 unspecified atom stereocenters. The number of aryl methyl sites for hydroxylation is 1. The monoisotopic (exact) mass is 261 g/mol. The molecule has 2 atom stereocenters. The first-order valence-electron chi connectivity index (χ1n) is 7.14. The van der Waals surface area contributed by atoms with Crippen LogP contribution < -0.4 is 0 Å². The number of rotatable bonds is 6. The summed E-state index contributed by atoms with van der Waals surface area (Å²) in [5.41, 5.74) is 1.39. The Hall–Kier alpha value is -1.35. The zero-order valence-corrected chi connectivity index (χ0v) is 11.6. The molecule has 0 bridgehead atoms. The van der Waals surface area contributed by atoms with E-state index in [1.54, 1.807) is 0 Å². The predicted molar refractivity (Wildman–Crippen MR) is 76.1 cm³/mol. The van der Waals surface area contributed by atoms with Gasteiger partial charge < -0.3 is 10.0 Å². The van der Waals surface area contributed by atoms with Crippen molar-refractivity contribution in [3.05, 3.63) is 35.9 Å². The summed E-state index contributed by atoms with van der Waals surface area (Å²) >= 11 is 0. The molecule has 0 aromatic heterocycles. The van der Waals surface area contributed by atoms with E-state index >= 15 is 0 Å². The van der Waals surface area contributed by atoms with E-state index in [2.05, 4.69) is 36.1 Å². The fraction of sp³-hybridized carbons (Fsp3) is 0.562. The molecule has 1 saturated heterocycles. The maximum absolute atomic E-state index is 10.9. The Labute approximate surface area is 115 Å². The van der Waals surface area contributed by atoms with Crippen molar-refractivity contribution in [2.75, 3.05) is 19.6 Å². The lowest BCUT2D eigenvalue weighted by Gasteiger charge is -2.20. The van der Waals surface area contributed by atoms with Crippen LogP contribution in [0.25, 0.3) is 0 Å². The molecular formula is C16H23NO2. The summed E-state index contributed by atoms with van der Waals surface area (Å²) in [6.45, 7) is 4.95. The minimum Gasteiger partial charge on any atom is -0.481 e. The van der Waals surface area contributed by atoms with Crippen molar-refractivity contribution >= 4 is 5.97 Å². The highest BCUT2D eigenvalue weighted by Gasteiger charge is 2.28. The van der Waals surface area contributed by atoms with Gasteiger partial charge in [0.15, 0.2) is 0 Å². The number of likely N-dealkylation sites (tertiary alicyclic amines) is 1. The highest BCUT2D eigenvalue weighted by Crippen LogP contribution is 2.19. The Morgan fingerprint density at radius 2 is 2.16 bits per heavy atom. The highest BCUT2D eigenvalue weighted by atomic mass is 16.4. The Kier molecular flexibility index (Phi) is 4.97. The van der Waals surface area contributed by atoms with Gasteiger partial charge in [-0.2, -0.15) is 0 Å². The molecule has 1 heterocycles. The molecule has 0 amide bonds. The Morgan fingerprint density at radius 1 is 1.42 bits per heavy atom. The second-order valence-corrected chi connectivity index (χ2v) is 5.71. The summed E-state index contributed by atoms with van der Waals surface area (Å²) < 4.78 is 0. The maximum Gasteiger partial charge on any atom is 0.307 e. The van der Waals surface area contributed by atoms with E-state index < -0.39 is 5.97 Å². The van der Waals surface area contributed by atoms with Gasteiger partial charge in [-0.25, -0.2) is 0 Å². The summed E-state index contributed by atoms with van der Waals surface area (Å²) in [7, 11) is 0. The van der Waals surface area contributed by atoms with Crippen LogP contribution in [0.15, 0.2) is 30.3 Å². The van der Waals surface area contributed by atoms with E-state index in [1.807, 2.05) is 6.07 Å². The van der Waals surface area contributed by atoms with Gasteiger partial charge in [-0.05, 0) is 37.3 Å². The molecule has 0 saturated carbocycles. The van der Waals surface area contributed by atoms with Crippen LogP contribution >= 0.6 is 0 Å². The Bertz CT molecular complexity index is 404. The van der Waals surface area contributed by atoms with Crippen molar-refractivity contribution in [3.8, 4) is 0 Å². The first kappa shape index (κ1) is 14.1. The number of hydrogen-bond acceptors (Lipinski definition) is 2. The van der Waals surface area contributed by atoms with Crippen molar-refractivity contribution < 1.29 is 9.90 Å². The maximum atomic E-state index is 10.9. The number of carboxylic acid groups (broad SMARTS) is 1. The molecular weight excluding hydrogens is 238 g/mol. The fourth-order valence-electron chi connectivity index (χ4n) is 2.79. The molecule has 0 spiro atoms. The summed E-state index contributed by atoms with van der Waals surface area (Å²) in [6.07, 6.45) is 3.08. The highest BCUT2D eigenvalue weighted by molar-refractivity contribution is 5.70. The number of benzene rings is 1. The van der Waals surface area contributed by atoms with E-state index in [1.165, 1.54) is 5.56 Å². The van der Waals surface area contributed by atoms with Crippen LogP contribution in [0, 0.1) is 11.8 Å². The minimum absolute atomic E-state index is 0.152. The van der Waals surface area contributed by atoms with Crippen molar-refractivity contribution in [2.45, 2.75) is 26.2 Å². The summed E-state index contributed by atoms with van der Waals surface area (Å²) in [6, 6.07) is 10.5. The lowest BCUT2D eigenvalue weighted by atomic mass is 10.0. The molecule has 1 N–H and O–H groups in total. The summed E-state index contributed by atoms with van der Waals surface area (Å²) in [5.74, 6) is -0.173. The quantitative estimate of drug-likeness (QED) is 0.856. The van der Waals surface area contributed by atoms with Gasteiger partial charge in [-0.3, -0.25) is 4.79 Å². The van der Waals surface area contributed by atoms with Crippen LogP contribution in [-0.2, 0) is 11.2 Å². The third kappa shape index (κ3) is 4.35. The third-order valence-corrected chi connectivity index (χ3v) is 3.96. The largest absolute Gasteiger partial charge is 0.481 e. The normalized spacial score (nSPS) is 21.4. The third-order valence-electron chi connectivity index (χ3n) is 3.96. The molecule has 1 aliphatic heterocycles. The van der Waals surface area contributed by atoms with E-state index in [-0.39, 0.29) is 5.92 Å². The second kappa shape index (κ2) is 6.71. The molecule has 0 aliphatic carbocycles. The van der Waals surface area contributed by atoms with Crippen LogP contribution in [0.2, 0.25) is 0 Å². The number of nitrogens with zero attached hydrogens (tertiary/aromatic N) is 1. The zero-order chi connectivity index (χ0) is 13.7. The lowest BCUT2D eigenvalue weighted by Crippen LogP contribution is -2.28. The van der Waals surface area contributed by atoms with E-state index in [0.717, 1.165) is 38.9 Å². The minimum atomic E-state index is -0.639. The number of carboxylic acids is 1. The molecule has 1 aromatic rings. The van der Waals surface area contributed by atoms with Gasteiger partial charge in [-0.15, -0.1) is 0 Å².